The second kappa shape index (κ2) is 60.9. The normalized spacial score (nSPS) is 12.7. The molecule has 0 spiro atoms. The largest absolute Gasteiger partial charge is 0.466 e. The van der Waals surface area contributed by atoms with Gasteiger partial charge in [0, 0.05) is 12.8 Å². The van der Waals surface area contributed by atoms with Crippen molar-refractivity contribution in [3.05, 3.63) is 24.3 Å². The summed E-state index contributed by atoms with van der Waals surface area (Å²) in [5.74, 6) is -0.0545. The summed E-state index contributed by atoms with van der Waals surface area (Å²) in [6.45, 7) is 4.93. The molecule has 2 unspecified atom stereocenters. The van der Waals surface area contributed by atoms with Crippen molar-refractivity contribution in [3.8, 4) is 0 Å². The summed E-state index contributed by atoms with van der Waals surface area (Å²) in [6, 6.07) is -0.630. The van der Waals surface area contributed by atoms with E-state index >= 15 is 0 Å². The zero-order valence-electron chi connectivity index (χ0n) is 48.0. The summed E-state index contributed by atoms with van der Waals surface area (Å²) in [7, 11) is 0. The fourth-order valence-electron chi connectivity index (χ4n) is 10.0. The molecule has 1 amide bonds. The molecule has 0 bridgehead atoms. The van der Waals surface area contributed by atoms with Crippen molar-refractivity contribution in [2.75, 3.05) is 13.2 Å². The molecule has 0 aromatic carbocycles. The standard InChI is InChI=1S/C65H125NO5/c1-3-5-7-9-11-13-15-17-18-28-31-34-37-41-45-49-53-57-63(68)62(61-67)66-64(69)58-54-50-46-42-38-35-32-29-26-24-22-20-19-21-23-25-27-30-33-36-40-44-48-52-56-60-71-65(70)59-55-51-47-43-39-16-14-12-10-8-6-4-2/h20,22,53,57,62-63,67-68H,3-19,21,23-52,54-56,58-61H2,1-2H3,(H,66,69)/b22-20-,57-53+. The van der Waals surface area contributed by atoms with Crippen LogP contribution in [0.4, 0.5) is 0 Å². The van der Waals surface area contributed by atoms with Crippen LogP contribution in [0.1, 0.15) is 354 Å². The number of ether oxygens (including phenoxy) is 1. The molecule has 6 nitrogen and oxygen atoms in total. The van der Waals surface area contributed by atoms with Crippen molar-refractivity contribution >= 4 is 11.9 Å². The molecule has 0 radical (unpaired) electrons. The van der Waals surface area contributed by atoms with Gasteiger partial charge in [-0.25, -0.2) is 0 Å². The average Bonchev–Trinajstić information content (AvgIpc) is 3.37. The zero-order chi connectivity index (χ0) is 51.4. The lowest BCUT2D eigenvalue weighted by Gasteiger charge is -2.20. The maximum absolute atomic E-state index is 12.5. The minimum atomic E-state index is -0.846. The molecule has 3 N–H and O–H groups in total. The van der Waals surface area contributed by atoms with Crippen LogP contribution in [-0.2, 0) is 14.3 Å². The lowest BCUT2D eigenvalue weighted by atomic mass is 10.0. The summed E-state index contributed by atoms with van der Waals surface area (Å²) in [6.07, 6.45) is 75.1. The number of carbonyl (C=O) groups is 2. The maximum atomic E-state index is 12.5. The molecule has 0 rings (SSSR count). The van der Waals surface area contributed by atoms with Gasteiger partial charge in [0.25, 0.3) is 0 Å². The van der Waals surface area contributed by atoms with E-state index in [1.54, 1.807) is 6.08 Å². The molecule has 0 saturated heterocycles. The first kappa shape index (κ1) is 69.3. The molecule has 420 valence electrons. The third-order valence-corrected chi connectivity index (χ3v) is 15.0. The number of carbonyl (C=O) groups excluding carboxylic acids is 2. The summed E-state index contributed by atoms with van der Waals surface area (Å²) in [5, 5.41) is 23.2. The second-order valence-corrected chi connectivity index (χ2v) is 22.1. The van der Waals surface area contributed by atoms with E-state index in [9.17, 15) is 19.8 Å². The number of amides is 1. The lowest BCUT2D eigenvalue weighted by Crippen LogP contribution is -2.45. The number of hydrogen-bond acceptors (Lipinski definition) is 5. The van der Waals surface area contributed by atoms with Crippen LogP contribution in [0, 0.1) is 0 Å². The molecule has 0 saturated carbocycles. The van der Waals surface area contributed by atoms with E-state index in [0.29, 0.717) is 19.4 Å². The maximum Gasteiger partial charge on any atom is 0.305 e. The van der Waals surface area contributed by atoms with E-state index < -0.39 is 12.1 Å². The lowest BCUT2D eigenvalue weighted by molar-refractivity contribution is -0.143. The first-order chi connectivity index (χ1) is 35.0. The highest BCUT2D eigenvalue weighted by Crippen LogP contribution is 2.18. The van der Waals surface area contributed by atoms with Gasteiger partial charge in [-0.2, -0.15) is 0 Å². The van der Waals surface area contributed by atoms with Crippen LogP contribution in [0.25, 0.3) is 0 Å². The van der Waals surface area contributed by atoms with E-state index in [1.807, 2.05) is 6.08 Å². The first-order valence-electron chi connectivity index (χ1n) is 32.1. The summed E-state index contributed by atoms with van der Waals surface area (Å²) in [5.41, 5.74) is 0. The van der Waals surface area contributed by atoms with Gasteiger partial charge >= 0.3 is 5.97 Å². The Morgan fingerprint density at radius 3 is 1.00 bits per heavy atom. The van der Waals surface area contributed by atoms with Crippen LogP contribution in [0.2, 0.25) is 0 Å². The molecule has 0 fully saturated rings. The molecule has 0 aliphatic heterocycles. The number of nitrogens with one attached hydrogen (secondary N) is 1. The molecule has 0 aromatic heterocycles. The number of hydrogen-bond donors (Lipinski definition) is 3. The van der Waals surface area contributed by atoms with Crippen LogP contribution >= 0.6 is 0 Å². The van der Waals surface area contributed by atoms with Crippen molar-refractivity contribution in [1.82, 2.24) is 5.32 Å². The van der Waals surface area contributed by atoms with Gasteiger partial charge in [0.1, 0.15) is 0 Å². The first-order valence-corrected chi connectivity index (χ1v) is 32.1. The van der Waals surface area contributed by atoms with Crippen LogP contribution in [0.15, 0.2) is 24.3 Å². The van der Waals surface area contributed by atoms with E-state index in [1.165, 1.54) is 289 Å². The molecule has 0 heterocycles. The SMILES string of the molecule is CCCCCCCCCCCCCCCCC/C=C/C(O)C(CO)NC(=O)CCCCCCCCCCC/C=C\CCCCCCCCCCCCCCOC(=O)CCCCCCCCCCCCCC. The fourth-order valence-corrected chi connectivity index (χ4v) is 10.0. The molecule has 0 aromatic rings. The molecule has 0 aliphatic rings. The number of aliphatic hydroxyl groups excluding tert-OH is 2. The number of unbranched alkanes of at least 4 members (excludes halogenated alkanes) is 47. The van der Waals surface area contributed by atoms with Crippen molar-refractivity contribution in [1.29, 1.82) is 0 Å². The topological polar surface area (TPSA) is 95.9 Å². The smallest absolute Gasteiger partial charge is 0.305 e. The third kappa shape index (κ3) is 57.5. The molecular weight excluding hydrogens is 875 g/mol. The van der Waals surface area contributed by atoms with Gasteiger partial charge in [0.2, 0.25) is 5.91 Å². The van der Waals surface area contributed by atoms with Crippen molar-refractivity contribution in [2.24, 2.45) is 0 Å². The average molecular weight is 1000 g/mol. The van der Waals surface area contributed by atoms with Gasteiger partial charge in [0.05, 0.1) is 25.4 Å². The van der Waals surface area contributed by atoms with Gasteiger partial charge < -0.3 is 20.3 Å². The van der Waals surface area contributed by atoms with Crippen molar-refractivity contribution in [3.63, 3.8) is 0 Å². The number of rotatable bonds is 60. The quantitative estimate of drug-likeness (QED) is 0.0320. The van der Waals surface area contributed by atoms with Crippen LogP contribution in [0.3, 0.4) is 0 Å². The minimum absolute atomic E-state index is 0.0141. The highest BCUT2D eigenvalue weighted by Gasteiger charge is 2.18. The van der Waals surface area contributed by atoms with Gasteiger partial charge in [-0.1, -0.05) is 308 Å². The molecular formula is C65H125NO5. The summed E-state index contributed by atoms with van der Waals surface area (Å²) in [4.78, 5) is 24.5. The zero-order valence-corrected chi connectivity index (χ0v) is 48.0. The van der Waals surface area contributed by atoms with E-state index in [2.05, 4.69) is 31.3 Å². The number of allylic oxidation sites excluding steroid dienone is 3. The molecule has 0 aliphatic carbocycles. The number of esters is 1. The van der Waals surface area contributed by atoms with E-state index in [0.717, 1.165) is 38.5 Å². The Morgan fingerprint density at radius 2 is 0.662 bits per heavy atom. The van der Waals surface area contributed by atoms with Gasteiger partial charge in [-0.15, -0.1) is 0 Å². The Kier molecular flexibility index (Phi) is 59.5. The van der Waals surface area contributed by atoms with Crippen LogP contribution in [0.5, 0.6) is 0 Å². The second-order valence-electron chi connectivity index (χ2n) is 22.1. The summed E-state index contributed by atoms with van der Waals surface area (Å²) < 4.78 is 5.47. The predicted octanol–water partition coefficient (Wildman–Crippen LogP) is 20.2. The van der Waals surface area contributed by atoms with E-state index in [4.69, 9.17) is 4.74 Å². The fraction of sp³-hybridized carbons (Fsp3) is 0.908. The predicted molar refractivity (Wildman–Crippen MR) is 310 cm³/mol. The van der Waals surface area contributed by atoms with Gasteiger partial charge in [-0.3, -0.25) is 9.59 Å². The highest BCUT2D eigenvalue weighted by molar-refractivity contribution is 5.76. The number of aliphatic hydroxyl groups is 2. The highest BCUT2D eigenvalue weighted by atomic mass is 16.5. The van der Waals surface area contributed by atoms with E-state index in [-0.39, 0.29) is 18.5 Å². The van der Waals surface area contributed by atoms with Crippen LogP contribution in [-0.4, -0.2) is 47.4 Å². The Balaban J connectivity index is 3.42. The van der Waals surface area contributed by atoms with Gasteiger partial charge in [0.15, 0.2) is 0 Å². The van der Waals surface area contributed by atoms with Crippen LogP contribution < -0.4 is 5.32 Å². The molecule has 71 heavy (non-hydrogen) atoms. The Bertz CT molecular complexity index is 1110. The van der Waals surface area contributed by atoms with Gasteiger partial charge in [-0.05, 0) is 57.8 Å². The van der Waals surface area contributed by atoms with Crippen molar-refractivity contribution in [2.45, 2.75) is 366 Å². The Hall–Kier alpha value is -1.66. The Labute approximate surface area is 443 Å². The van der Waals surface area contributed by atoms with Crippen molar-refractivity contribution < 1.29 is 24.5 Å². The third-order valence-electron chi connectivity index (χ3n) is 15.0. The molecule has 6 heteroatoms. The monoisotopic (exact) mass is 1000 g/mol. The Morgan fingerprint density at radius 1 is 0.380 bits per heavy atom. The minimum Gasteiger partial charge on any atom is -0.466 e. The summed E-state index contributed by atoms with van der Waals surface area (Å²) >= 11 is 0. The molecule has 2 atom stereocenters.